The molecule has 1 saturated carbocycles. The Kier molecular flexibility index (Phi) is 9.11. The van der Waals surface area contributed by atoms with Gasteiger partial charge in [-0.1, -0.05) is 43.3 Å². The van der Waals surface area contributed by atoms with Crippen LogP contribution in [-0.4, -0.2) is 36.4 Å². The number of rotatable bonds is 10. The van der Waals surface area contributed by atoms with Crippen molar-refractivity contribution in [2.45, 2.75) is 58.8 Å². The number of hydrogen-bond acceptors (Lipinski definition) is 5. The number of allylic oxidation sites excluding steroid dienone is 2. The zero-order valence-electron chi connectivity index (χ0n) is 20.0. The summed E-state index contributed by atoms with van der Waals surface area (Å²) in [6, 6.07) is 16.1. The largest absolute Gasteiger partial charge is 0.511 e. The van der Waals surface area contributed by atoms with Crippen molar-refractivity contribution in [3.8, 4) is 11.5 Å². The van der Waals surface area contributed by atoms with E-state index in [2.05, 4.69) is 12.1 Å². The van der Waals surface area contributed by atoms with E-state index in [1.165, 1.54) is 0 Å². The van der Waals surface area contributed by atoms with Gasteiger partial charge in [-0.05, 0) is 62.3 Å². The minimum atomic E-state index is -0.0143. The van der Waals surface area contributed by atoms with E-state index in [1.807, 2.05) is 57.2 Å². The maximum atomic E-state index is 13.0. The van der Waals surface area contributed by atoms with Crippen LogP contribution in [0.4, 0.5) is 0 Å². The van der Waals surface area contributed by atoms with Crippen LogP contribution in [0.15, 0.2) is 64.9 Å². The monoisotopic (exact) mass is 449 g/mol. The topological polar surface area (TPSA) is 68.1 Å². The molecule has 2 aromatic rings. The van der Waals surface area contributed by atoms with Crippen molar-refractivity contribution >= 4 is 11.5 Å². The van der Waals surface area contributed by atoms with Crippen LogP contribution in [0.2, 0.25) is 0 Å². The van der Waals surface area contributed by atoms with Crippen molar-refractivity contribution in [1.29, 1.82) is 0 Å². The molecule has 1 atom stereocenters. The molecule has 0 amide bonds. The van der Waals surface area contributed by atoms with Gasteiger partial charge < -0.3 is 14.6 Å². The van der Waals surface area contributed by atoms with Gasteiger partial charge in [0.15, 0.2) is 17.3 Å². The first kappa shape index (κ1) is 24.6. The van der Waals surface area contributed by atoms with Crippen LogP contribution in [0.25, 0.3) is 0 Å². The molecule has 1 aliphatic rings. The average molecular weight is 450 g/mol. The lowest BCUT2D eigenvalue weighted by Crippen LogP contribution is -2.27. The molecule has 0 saturated heterocycles. The minimum Gasteiger partial charge on any atom is -0.511 e. The Morgan fingerprint density at radius 2 is 1.73 bits per heavy atom. The second-order valence-corrected chi connectivity index (χ2v) is 8.24. The predicted molar refractivity (Wildman–Crippen MR) is 133 cm³/mol. The zero-order chi connectivity index (χ0) is 23.6. The summed E-state index contributed by atoms with van der Waals surface area (Å²) in [4.78, 5) is 17.9. The Balaban J connectivity index is 1.82. The number of ketones is 1. The third-order valence-electron chi connectivity index (χ3n) is 5.80. The highest BCUT2D eigenvalue weighted by Crippen LogP contribution is 2.34. The zero-order valence-corrected chi connectivity index (χ0v) is 20.0. The van der Waals surface area contributed by atoms with Gasteiger partial charge in [0.2, 0.25) is 0 Å². The number of benzene rings is 2. The summed E-state index contributed by atoms with van der Waals surface area (Å²) in [6.07, 6.45) is 3.05. The van der Waals surface area contributed by atoms with Crippen LogP contribution >= 0.6 is 0 Å². The fourth-order valence-corrected chi connectivity index (χ4v) is 4.26. The molecule has 3 rings (SSSR count). The van der Waals surface area contributed by atoms with Gasteiger partial charge in [-0.15, -0.1) is 0 Å². The van der Waals surface area contributed by atoms with Gasteiger partial charge in [-0.25, -0.2) is 0 Å². The quantitative estimate of drug-likeness (QED) is 0.345. The second-order valence-electron chi connectivity index (χ2n) is 8.24. The standard InChI is InChI=1S/C28H35NO4/c1-4-10-24(30)28-23(18-22(19-25(28)31)21-11-8-7-9-12-21)29-16-15-20-13-14-26(32-5-2)27(17-20)33-6-3/h7-9,11-14,17,22,30H,4-6,10,15-16,18-19H2,1-3H3. The van der Waals surface area contributed by atoms with Gasteiger partial charge in [0.1, 0.15) is 5.76 Å². The number of hydrogen-bond donors (Lipinski definition) is 1. The summed E-state index contributed by atoms with van der Waals surface area (Å²) in [7, 11) is 0. The summed E-state index contributed by atoms with van der Waals surface area (Å²) < 4.78 is 11.4. The highest BCUT2D eigenvalue weighted by Gasteiger charge is 2.32. The van der Waals surface area contributed by atoms with Crippen LogP contribution in [0, 0.1) is 0 Å². The van der Waals surface area contributed by atoms with Gasteiger partial charge in [-0.2, -0.15) is 0 Å². The van der Waals surface area contributed by atoms with Crippen molar-refractivity contribution in [2.24, 2.45) is 4.99 Å². The Morgan fingerprint density at radius 1 is 1.00 bits per heavy atom. The first-order chi connectivity index (χ1) is 16.1. The lowest BCUT2D eigenvalue weighted by Gasteiger charge is -2.26. The van der Waals surface area contributed by atoms with Crippen molar-refractivity contribution in [2.75, 3.05) is 19.8 Å². The summed E-state index contributed by atoms with van der Waals surface area (Å²) in [5, 5.41) is 10.6. The van der Waals surface area contributed by atoms with E-state index >= 15 is 0 Å². The molecule has 0 bridgehead atoms. The first-order valence-corrected chi connectivity index (χ1v) is 12.0. The van der Waals surface area contributed by atoms with Gasteiger partial charge in [0.05, 0.1) is 18.8 Å². The molecule has 0 spiro atoms. The SMILES string of the molecule is CCCC(O)=C1C(=O)CC(c2ccccc2)CC1=NCCc1ccc(OCC)c(OCC)c1. The van der Waals surface area contributed by atoms with E-state index in [1.54, 1.807) is 0 Å². The van der Waals surface area contributed by atoms with Gasteiger partial charge in [0.25, 0.3) is 0 Å². The molecule has 1 N–H and O–H groups in total. The minimum absolute atomic E-state index is 0.0143. The molecule has 2 aromatic carbocycles. The molecular formula is C28H35NO4. The second kappa shape index (κ2) is 12.2. The predicted octanol–water partition coefficient (Wildman–Crippen LogP) is 6.23. The summed E-state index contributed by atoms with van der Waals surface area (Å²) >= 11 is 0. The number of Topliss-reactive ketones (excluding diaryl/α,β-unsaturated/α-hetero) is 1. The first-order valence-electron chi connectivity index (χ1n) is 12.0. The Labute approximate surface area is 197 Å². The number of aliphatic hydroxyl groups is 1. The van der Waals surface area contributed by atoms with Crippen molar-refractivity contribution in [1.82, 2.24) is 0 Å². The fraction of sp³-hybridized carbons (Fsp3) is 0.429. The molecule has 0 aliphatic heterocycles. The molecule has 5 nitrogen and oxygen atoms in total. The third kappa shape index (κ3) is 6.47. The molecule has 1 aliphatic carbocycles. The maximum Gasteiger partial charge on any atom is 0.168 e. The summed E-state index contributed by atoms with van der Waals surface area (Å²) in [5.74, 6) is 1.73. The highest BCUT2D eigenvalue weighted by atomic mass is 16.5. The molecular weight excluding hydrogens is 414 g/mol. The molecule has 176 valence electrons. The van der Waals surface area contributed by atoms with E-state index in [0.29, 0.717) is 51.0 Å². The van der Waals surface area contributed by atoms with Crippen molar-refractivity contribution in [3.05, 3.63) is 71.0 Å². The summed E-state index contributed by atoms with van der Waals surface area (Å²) in [5.41, 5.74) is 3.39. The number of carbonyl (C=O) groups excluding carboxylic acids is 1. The molecule has 1 fully saturated rings. The van der Waals surface area contributed by atoms with Gasteiger partial charge in [0, 0.05) is 25.1 Å². The smallest absolute Gasteiger partial charge is 0.168 e. The Bertz CT molecular complexity index is 994. The molecule has 0 aromatic heterocycles. The van der Waals surface area contributed by atoms with Crippen LogP contribution in [0.5, 0.6) is 11.5 Å². The third-order valence-corrected chi connectivity index (χ3v) is 5.80. The number of aliphatic imine (C=N–C) groups is 1. The molecule has 5 heteroatoms. The normalized spacial score (nSPS) is 18.9. The number of nitrogens with zero attached hydrogens (tertiary/aromatic N) is 1. The average Bonchev–Trinajstić information content (AvgIpc) is 2.81. The van der Waals surface area contributed by atoms with Crippen molar-refractivity contribution in [3.63, 3.8) is 0 Å². The summed E-state index contributed by atoms with van der Waals surface area (Å²) in [6.45, 7) is 7.59. The van der Waals surface area contributed by atoms with Gasteiger partial charge >= 0.3 is 0 Å². The number of ether oxygens (including phenoxy) is 2. The van der Waals surface area contributed by atoms with E-state index in [4.69, 9.17) is 14.5 Å². The fourth-order valence-electron chi connectivity index (χ4n) is 4.26. The Hall–Kier alpha value is -3.08. The highest BCUT2D eigenvalue weighted by molar-refractivity contribution is 6.24. The van der Waals surface area contributed by atoms with Crippen LogP contribution in [0.1, 0.15) is 63.5 Å². The lowest BCUT2D eigenvalue weighted by molar-refractivity contribution is -0.116. The lowest BCUT2D eigenvalue weighted by atomic mass is 9.78. The van der Waals surface area contributed by atoms with E-state index in [-0.39, 0.29) is 17.5 Å². The van der Waals surface area contributed by atoms with Crippen LogP contribution in [0.3, 0.4) is 0 Å². The van der Waals surface area contributed by atoms with Crippen LogP contribution < -0.4 is 9.47 Å². The van der Waals surface area contributed by atoms with E-state index in [0.717, 1.165) is 34.8 Å². The van der Waals surface area contributed by atoms with Gasteiger partial charge in [-0.3, -0.25) is 9.79 Å². The number of carbonyl (C=O) groups is 1. The molecule has 33 heavy (non-hydrogen) atoms. The number of aliphatic hydroxyl groups excluding tert-OH is 1. The molecule has 0 radical (unpaired) electrons. The van der Waals surface area contributed by atoms with Crippen LogP contribution in [-0.2, 0) is 11.2 Å². The van der Waals surface area contributed by atoms with E-state index in [9.17, 15) is 9.90 Å². The molecule has 0 heterocycles. The van der Waals surface area contributed by atoms with E-state index < -0.39 is 0 Å². The molecule has 1 unspecified atom stereocenters. The Morgan fingerprint density at radius 3 is 2.42 bits per heavy atom. The van der Waals surface area contributed by atoms with Crippen molar-refractivity contribution < 1.29 is 19.4 Å². The maximum absolute atomic E-state index is 13.0.